The summed E-state index contributed by atoms with van der Waals surface area (Å²) < 4.78 is 0. The molecule has 0 aromatic heterocycles. The van der Waals surface area contributed by atoms with Gasteiger partial charge in [-0.15, -0.1) is 0 Å². The van der Waals surface area contributed by atoms with E-state index in [1.54, 1.807) is 0 Å². The van der Waals surface area contributed by atoms with E-state index in [0.717, 1.165) is 23.0 Å². The lowest BCUT2D eigenvalue weighted by atomic mass is 10.1. The zero-order valence-corrected chi connectivity index (χ0v) is 7.37. The molecule has 1 nitrogen and oxygen atoms in total. The van der Waals surface area contributed by atoms with Gasteiger partial charge in [-0.3, -0.25) is 4.79 Å². The van der Waals surface area contributed by atoms with Crippen molar-refractivity contribution in [1.29, 1.82) is 0 Å². The Morgan fingerprint density at radius 2 is 2.08 bits per heavy atom. The Morgan fingerprint density at radius 3 is 2.67 bits per heavy atom. The maximum absolute atomic E-state index is 10.6. The third-order valence-corrected chi connectivity index (χ3v) is 1.79. The largest absolute Gasteiger partial charge is 0.298 e. The number of aryl methyl sites for hydroxylation is 1. The second-order valence-corrected chi connectivity index (χ2v) is 2.73. The number of hydrogen-bond acceptors (Lipinski definition) is 1. The SMILES string of the molecule is C/C=C/c1ccc(C)c(C=O)c1. The number of aldehydes is 1. The third kappa shape index (κ3) is 1.82. The summed E-state index contributed by atoms with van der Waals surface area (Å²) in [5.41, 5.74) is 2.87. The van der Waals surface area contributed by atoms with Gasteiger partial charge in [0.1, 0.15) is 6.29 Å². The highest BCUT2D eigenvalue weighted by molar-refractivity contribution is 5.78. The quantitative estimate of drug-likeness (QED) is 0.608. The molecule has 0 heterocycles. The lowest BCUT2D eigenvalue weighted by Crippen LogP contribution is -1.86. The Kier molecular flexibility index (Phi) is 2.81. The van der Waals surface area contributed by atoms with Crippen molar-refractivity contribution < 1.29 is 4.79 Å². The second-order valence-electron chi connectivity index (χ2n) is 2.73. The molecule has 0 bridgehead atoms. The fourth-order valence-corrected chi connectivity index (χ4v) is 1.08. The van der Waals surface area contributed by atoms with Gasteiger partial charge in [0, 0.05) is 5.56 Å². The van der Waals surface area contributed by atoms with Crippen molar-refractivity contribution in [3.05, 3.63) is 41.0 Å². The van der Waals surface area contributed by atoms with Crippen molar-refractivity contribution in [3.63, 3.8) is 0 Å². The zero-order chi connectivity index (χ0) is 8.97. The lowest BCUT2D eigenvalue weighted by Gasteiger charge is -1.98. The van der Waals surface area contributed by atoms with Crippen LogP contribution >= 0.6 is 0 Å². The monoisotopic (exact) mass is 160 g/mol. The van der Waals surface area contributed by atoms with E-state index in [9.17, 15) is 4.79 Å². The minimum absolute atomic E-state index is 0.769. The predicted octanol–water partition coefficient (Wildman–Crippen LogP) is 2.84. The zero-order valence-electron chi connectivity index (χ0n) is 7.37. The van der Waals surface area contributed by atoms with Gasteiger partial charge in [0.2, 0.25) is 0 Å². The summed E-state index contributed by atoms with van der Waals surface area (Å²) in [4.78, 5) is 10.6. The van der Waals surface area contributed by atoms with E-state index >= 15 is 0 Å². The molecule has 1 heteroatoms. The molecule has 0 fully saturated rings. The molecular weight excluding hydrogens is 148 g/mol. The van der Waals surface area contributed by atoms with Crippen LogP contribution in [0.2, 0.25) is 0 Å². The summed E-state index contributed by atoms with van der Waals surface area (Å²) in [6, 6.07) is 5.85. The van der Waals surface area contributed by atoms with Gasteiger partial charge in [-0.2, -0.15) is 0 Å². The van der Waals surface area contributed by atoms with Gasteiger partial charge in [-0.05, 0) is 31.0 Å². The molecule has 1 rings (SSSR count). The van der Waals surface area contributed by atoms with Gasteiger partial charge in [-0.1, -0.05) is 24.3 Å². The maximum Gasteiger partial charge on any atom is 0.150 e. The molecule has 0 unspecified atom stereocenters. The molecule has 1 aromatic rings. The number of rotatable bonds is 2. The minimum Gasteiger partial charge on any atom is -0.298 e. The third-order valence-electron chi connectivity index (χ3n) is 1.79. The second kappa shape index (κ2) is 3.86. The van der Waals surface area contributed by atoms with Gasteiger partial charge in [0.05, 0.1) is 0 Å². The van der Waals surface area contributed by atoms with Crippen molar-refractivity contribution >= 4 is 12.4 Å². The molecule has 0 atom stereocenters. The van der Waals surface area contributed by atoms with Crippen LogP contribution in [0.4, 0.5) is 0 Å². The molecule has 0 spiro atoms. The van der Waals surface area contributed by atoms with E-state index in [-0.39, 0.29) is 0 Å². The van der Waals surface area contributed by atoms with Crippen molar-refractivity contribution in [2.24, 2.45) is 0 Å². The summed E-state index contributed by atoms with van der Waals surface area (Å²) in [5.74, 6) is 0. The van der Waals surface area contributed by atoms with E-state index in [1.165, 1.54) is 0 Å². The Morgan fingerprint density at radius 1 is 1.33 bits per heavy atom. The highest BCUT2D eigenvalue weighted by atomic mass is 16.1. The first kappa shape index (κ1) is 8.72. The average Bonchev–Trinajstić information content (AvgIpc) is 2.09. The number of benzene rings is 1. The van der Waals surface area contributed by atoms with Crippen LogP contribution in [0.5, 0.6) is 0 Å². The topological polar surface area (TPSA) is 17.1 Å². The first-order valence-corrected chi connectivity index (χ1v) is 3.96. The van der Waals surface area contributed by atoms with E-state index in [1.807, 2.05) is 44.2 Å². The van der Waals surface area contributed by atoms with Gasteiger partial charge < -0.3 is 0 Å². The van der Waals surface area contributed by atoms with Crippen LogP contribution < -0.4 is 0 Å². The number of carbonyl (C=O) groups excluding carboxylic acids is 1. The number of allylic oxidation sites excluding steroid dienone is 1. The predicted molar refractivity (Wildman–Crippen MR) is 51.3 cm³/mol. The van der Waals surface area contributed by atoms with Crippen LogP contribution in [0.25, 0.3) is 6.08 Å². The minimum atomic E-state index is 0.769. The average molecular weight is 160 g/mol. The van der Waals surface area contributed by atoms with Crippen LogP contribution in [0, 0.1) is 6.92 Å². The maximum atomic E-state index is 10.6. The van der Waals surface area contributed by atoms with E-state index in [0.29, 0.717) is 0 Å². The van der Waals surface area contributed by atoms with E-state index in [2.05, 4.69) is 0 Å². The van der Waals surface area contributed by atoms with E-state index < -0.39 is 0 Å². The summed E-state index contributed by atoms with van der Waals surface area (Å²) in [5, 5.41) is 0. The van der Waals surface area contributed by atoms with Gasteiger partial charge >= 0.3 is 0 Å². The normalized spacial score (nSPS) is 10.5. The molecule has 0 aliphatic carbocycles. The summed E-state index contributed by atoms with van der Waals surface area (Å²) in [6.07, 6.45) is 4.83. The van der Waals surface area contributed by atoms with Crippen molar-refractivity contribution in [3.8, 4) is 0 Å². The molecule has 0 aliphatic rings. The molecular formula is C11H12O. The first-order valence-electron chi connectivity index (χ1n) is 3.96. The fourth-order valence-electron chi connectivity index (χ4n) is 1.08. The van der Waals surface area contributed by atoms with Crippen LogP contribution in [-0.2, 0) is 0 Å². The number of hydrogen-bond donors (Lipinski definition) is 0. The smallest absolute Gasteiger partial charge is 0.150 e. The van der Waals surface area contributed by atoms with Gasteiger partial charge in [0.25, 0.3) is 0 Å². The van der Waals surface area contributed by atoms with Gasteiger partial charge in [0.15, 0.2) is 0 Å². The molecule has 62 valence electrons. The van der Waals surface area contributed by atoms with Crippen LogP contribution in [0.1, 0.15) is 28.4 Å². The van der Waals surface area contributed by atoms with Crippen LogP contribution in [0.15, 0.2) is 24.3 Å². The van der Waals surface area contributed by atoms with Gasteiger partial charge in [-0.25, -0.2) is 0 Å². The highest BCUT2D eigenvalue weighted by Crippen LogP contribution is 2.10. The molecule has 0 N–H and O–H groups in total. The van der Waals surface area contributed by atoms with Crippen LogP contribution in [0.3, 0.4) is 0 Å². The summed E-state index contributed by atoms with van der Waals surface area (Å²) in [6.45, 7) is 3.89. The summed E-state index contributed by atoms with van der Waals surface area (Å²) in [7, 11) is 0. The van der Waals surface area contributed by atoms with Crippen molar-refractivity contribution in [1.82, 2.24) is 0 Å². The van der Waals surface area contributed by atoms with Crippen molar-refractivity contribution in [2.45, 2.75) is 13.8 Å². The molecule has 0 aliphatic heterocycles. The molecule has 0 saturated heterocycles. The lowest BCUT2D eigenvalue weighted by molar-refractivity contribution is 0.112. The molecule has 12 heavy (non-hydrogen) atoms. The molecule has 1 aromatic carbocycles. The van der Waals surface area contributed by atoms with E-state index in [4.69, 9.17) is 0 Å². The Bertz CT molecular complexity index is 311. The standard InChI is InChI=1S/C11H12O/c1-3-4-10-6-5-9(2)11(7-10)8-12/h3-8H,1-2H3/b4-3+. The Labute approximate surface area is 72.7 Å². The Balaban J connectivity index is 3.13. The first-order chi connectivity index (χ1) is 5.77. The molecule has 0 amide bonds. The number of carbonyl (C=O) groups is 1. The molecule has 0 saturated carbocycles. The summed E-state index contributed by atoms with van der Waals surface area (Å²) >= 11 is 0. The van der Waals surface area contributed by atoms with Crippen molar-refractivity contribution in [2.75, 3.05) is 0 Å². The fraction of sp³-hybridized carbons (Fsp3) is 0.182. The Hall–Kier alpha value is -1.37. The molecule has 0 radical (unpaired) electrons. The van der Waals surface area contributed by atoms with Crippen LogP contribution in [-0.4, -0.2) is 6.29 Å². The highest BCUT2D eigenvalue weighted by Gasteiger charge is 1.95.